The molecule has 2 N–H and O–H groups in total. The van der Waals surface area contributed by atoms with Crippen molar-refractivity contribution >= 4 is 17.7 Å². The molecule has 3 amide bonds. The number of rotatable bonds is 4. The zero-order chi connectivity index (χ0) is 18.4. The molecule has 1 aliphatic heterocycles. The van der Waals surface area contributed by atoms with Crippen molar-refractivity contribution in [2.24, 2.45) is 0 Å². The van der Waals surface area contributed by atoms with Crippen LogP contribution in [0.1, 0.15) is 26.3 Å². The summed E-state index contributed by atoms with van der Waals surface area (Å²) in [5, 5.41) is 0. The van der Waals surface area contributed by atoms with Gasteiger partial charge in [0.15, 0.2) is 0 Å². The number of nitrogens with zero attached hydrogens (tertiary/aromatic N) is 2. The Labute approximate surface area is 148 Å². The number of carbonyl (C=O) groups excluding carboxylic acids is 3. The highest BCUT2D eigenvalue weighted by Crippen LogP contribution is 2.26. The van der Waals surface area contributed by atoms with Crippen LogP contribution in [0.15, 0.2) is 30.3 Å². The Morgan fingerprint density at radius 2 is 1.60 bits per heavy atom. The number of hydrogen-bond donors (Lipinski definition) is 2. The van der Waals surface area contributed by atoms with Gasteiger partial charge in [-0.05, 0) is 19.4 Å². The SMILES string of the molecule is CC(=O)NNC(=O)CN1CCN(C(=O)C(C)(C)c2ccccc2)CC1. The summed E-state index contributed by atoms with van der Waals surface area (Å²) in [6, 6.07) is 9.77. The molecule has 0 spiro atoms. The average Bonchev–Trinajstić information content (AvgIpc) is 2.61. The van der Waals surface area contributed by atoms with E-state index in [2.05, 4.69) is 10.9 Å². The second-order valence-electron chi connectivity index (χ2n) is 6.79. The summed E-state index contributed by atoms with van der Waals surface area (Å²) in [5.41, 5.74) is 5.04. The molecule has 2 rings (SSSR count). The molecule has 1 aromatic rings. The van der Waals surface area contributed by atoms with Crippen molar-refractivity contribution in [3.63, 3.8) is 0 Å². The monoisotopic (exact) mass is 346 g/mol. The van der Waals surface area contributed by atoms with E-state index in [1.165, 1.54) is 6.92 Å². The number of hydrazine groups is 1. The van der Waals surface area contributed by atoms with Gasteiger partial charge >= 0.3 is 0 Å². The van der Waals surface area contributed by atoms with E-state index in [-0.39, 0.29) is 24.3 Å². The topological polar surface area (TPSA) is 81.8 Å². The highest BCUT2D eigenvalue weighted by Gasteiger charge is 2.35. The molecule has 0 atom stereocenters. The Kier molecular flexibility index (Phi) is 6.14. The second-order valence-corrected chi connectivity index (χ2v) is 6.79. The first-order chi connectivity index (χ1) is 11.8. The molecular weight excluding hydrogens is 320 g/mol. The van der Waals surface area contributed by atoms with Gasteiger partial charge < -0.3 is 4.90 Å². The molecule has 0 saturated carbocycles. The molecule has 0 unspecified atom stereocenters. The normalized spacial score (nSPS) is 15.6. The van der Waals surface area contributed by atoms with Gasteiger partial charge in [0.2, 0.25) is 11.8 Å². The summed E-state index contributed by atoms with van der Waals surface area (Å²) in [4.78, 5) is 39.2. The number of hydrogen-bond acceptors (Lipinski definition) is 4. The van der Waals surface area contributed by atoms with Crippen LogP contribution in [0.25, 0.3) is 0 Å². The van der Waals surface area contributed by atoms with Crippen molar-refractivity contribution < 1.29 is 14.4 Å². The summed E-state index contributed by atoms with van der Waals surface area (Å²) >= 11 is 0. The molecule has 25 heavy (non-hydrogen) atoms. The van der Waals surface area contributed by atoms with Gasteiger partial charge in [-0.3, -0.25) is 30.1 Å². The van der Waals surface area contributed by atoms with Crippen molar-refractivity contribution in [3.8, 4) is 0 Å². The van der Waals surface area contributed by atoms with E-state index >= 15 is 0 Å². The van der Waals surface area contributed by atoms with Crippen LogP contribution < -0.4 is 10.9 Å². The standard InChI is InChI=1S/C18H26N4O3/c1-14(23)19-20-16(24)13-21-9-11-22(12-10-21)17(25)18(2,3)15-7-5-4-6-8-15/h4-8H,9-13H2,1-3H3,(H,19,23)(H,20,24). The fourth-order valence-corrected chi connectivity index (χ4v) is 2.88. The van der Waals surface area contributed by atoms with Gasteiger partial charge in [-0.2, -0.15) is 0 Å². The van der Waals surface area contributed by atoms with Crippen molar-refractivity contribution in [1.82, 2.24) is 20.7 Å². The van der Waals surface area contributed by atoms with Gasteiger partial charge in [-0.15, -0.1) is 0 Å². The van der Waals surface area contributed by atoms with Crippen molar-refractivity contribution in [1.29, 1.82) is 0 Å². The Morgan fingerprint density at radius 3 is 2.16 bits per heavy atom. The van der Waals surface area contributed by atoms with Crippen LogP contribution in [0.2, 0.25) is 0 Å². The highest BCUT2D eigenvalue weighted by molar-refractivity contribution is 5.87. The van der Waals surface area contributed by atoms with E-state index in [4.69, 9.17) is 0 Å². The summed E-state index contributed by atoms with van der Waals surface area (Å²) in [6.07, 6.45) is 0. The zero-order valence-electron chi connectivity index (χ0n) is 15.0. The average molecular weight is 346 g/mol. The molecule has 0 bridgehead atoms. The van der Waals surface area contributed by atoms with Crippen LogP contribution in [0.3, 0.4) is 0 Å². The van der Waals surface area contributed by atoms with Gasteiger partial charge in [-0.1, -0.05) is 30.3 Å². The molecule has 7 heteroatoms. The Morgan fingerprint density at radius 1 is 1.00 bits per heavy atom. The number of amides is 3. The second kappa shape index (κ2) is 8.11. The van der Waals surface area contributed by atoms with Crippen LogP contribution in [-0.4, -0.2) is 60.2 Å². The molecule has 0 aliphatic carbocycles. The summed E-state index contributed by atoms with van der Waals surface area (Å²) < 4.78 is 0. The molecule has 0 radical (unpaired) electrons. The van der Waals surface area contributed by atoms with Crippen molar-refractivity contribution in [2.45, 2.75) is 26.2 Å². The lowest BCUT2D eigenvalue weighted by Crippen LogP contribution is -2.55. The van der Waals surface area contributed by atoms with Crippen LogP contribution in [0, 0.1) is 0 Å². The summed E-state index contributed by atoms with van der Waals surface area (Å²) in [6.45, 7) is 7.85. The zero-order valence-corrected chi connectivity index (χ0v) is 15.0. The predicted octanol–water partition coefficient (Wildman–Crippen LogP) is 0.276. The first kappa shape index (κ1) is 18.9. The molecule has 1 saturated heterocycles. The Balaban J connectivity index is 1.86. The lowest BCUT2D eigenvalue weighted by Gasteiger charge is -2.38. The van der Waals surface area contributed by atoms with Crippen LogP contribution in [-0.2, 0) is 19.8 Å². The first-order valence-electron chi connectivity index (χ1n) is 8.43. The van der Waals surface area contributed by atoms with Crippen LogP contribution >= 0.6 is 0 Å². The van der Waals surface area contributed by atoms with E-state index in [1.807, 2.05) is 54.0 Å². The van der Waals surface area contributed by atoms with Gasteiger partial charge in [0.25, 0.3) is 5.91 Å². The first-order valence-corrected chi connectivity index (χ1v) is 8.43. The van der Waals surface area contributed by atoms with Crippen molar-refractivity contribution in [3.05, 3.63) is 35.9 Å². The molecule has 7 nitrogen and oxygen atoms in total. The van der Waals surface area contributed by atoms with E-state index in [9.17, 15) is 14.4 Å². The molecule has 0 aromatic heterocycles. The van der Waals surface area contributed by atoms with E-state index in [1.54, 1.807) is 0 Å². The fraction of sp³-hybridized carbons (Fsp3) is 0.500. The number of nitrogens with one attached hydrogen (secondary N) is 2. The van der Waals surface area contributed by atoms with Gasteiger partial charge in [0, 0.05) is 33.1 Å². The number of piperazine rings is 1. The third-order valence-corrected chi connectivity index (χ3v) is 4.43. The number of benzene rings is 1. The molecule has 1 aromatic carbocycles. The Hall–Kier alpha value is -2.41. The molecule has 1 heterocycles. The maximum absolute atomic E-state index is 12.9. The third kappa shape index (κ3) is 5.03. The summed E-state index contributed by atoms with van der Waals surface area (Å²) in [5.74, 6) is -0.479. The van der Waals surface area contributed by atoms with Gasteiger partial charge in [0.1, 0.15) is 0 Å². The quantitative estimate of drug-likeness (QED) is 0.767. The predicted molar refractivity (Wildman–Crippen MR) is 94.4 cm³/mol. The van der Waals surface area contributed by atoms with Crippen molar-refractivity contribution in [2.75, 3.05) is 32.7 Å². The number of carbonyl (C=O) groups is 3. The molecule has 1 aliphatic rings. The van der Waals surface area contributed by atoms with Crippen LogP contribution in [0.4, 0.5) is 0 Å². The fourth-order valence-electron chi connectivity index (χ4n) is 2.88. The lowest BCUT2D eigenvalue weighted by molar-refractivity contribution is -0.138. The molecule has 136 valence electrons. The smallest absolute Gasteiger partial charge is 0.252 e. The van der Waals surface area contributed by atoms with Gasteiger partial charge in [0.05, 0.1) is 12.0 Å². The minimum atomic E-state index is -0.577. The minimum Gasteiger partial charge on any atom is -0.339 e. The van der Waals surface area contributed by atoms with E-state index in [0.29, 0.717) is 26.2 Å². The third-order valence-electron chi connectivity index (χ3n) is 4.43. The van der Waals surface area contributed by atoms with Gasteiger partial charge in [-0.25, -0.2) is 0 Å². The molecular formula is C18H26N4O3. The van der Waals surface area contributed by atoms with Crippen LogP contribution in [0.5, 0.6) is 0 Å². The van der Waals surface area contributed by atoms with E-state index in [0.717, 1.165) is 5.56 Å². The Bertz CT molecular complexity index is 622. The molecule has 1 fully saturated rings. The summed E-state index contributed by atoms with van der Waals surface area (Å²) in [7, 11) is 0. The maximum atomic E-state index is 12.9. The largest absolute Gasteiger partial charge is 0.339 e. The highest BCUT2D eigenvalue weighted by atomic mass is 16.2. The minimum absolute atomic E-state index is 0.0982. The maximum Gasteiger partial charge on any atom is 0.252 e. The lowest BCUT2D eigenvalue weighted by atomic mass is 9.83. The van der Waals surface area contributed by atoms with E-state index < -0.39 is 5.41 Å².